The fourth-order valence-electron chi connectivity index (χ4n) is 1.55. The summed E-state index contributed by atoms with van der Waals surface area (Å²) >= 11 is 1.79. The highest BCUT2D eigenvalue weighted by Crippen LogP contribution is 2.21. The fourth-order valence-corrected chi connectivity index (χ4v) is 2.55. The van der Waals surface area contributed by atoms with Crippen LogP contribution in [0.2, 0.25) is 0 Å². The first-order chi connectivity index (χ1) is 8.79. The maximum atomic E-state index is 5.87. The zero-order chi connectivity index (χ0) is 12.8. The Morgan fingerprint density at radius 2 is 2.11 bits per heavy atom. The Kier molecular flexibility index (Phi) is 4.84. The Labute approximate surface area is 112 Å². The molecule has 1 aromatic carbocycles. The molecule has 96 valence electrons. The molecule has 1 heterocycles. The van der Waals surface area contributed by atoms with Crippen molar-refractivity contribution in [3.63, 3.8) is 0 Å². The predicted molar refractivity (Wildman–Crippen MR) is 76.4 cm³/mol. The molecule has 2 N–H and O–H groups in total. The molecule has 0 spiro atoms. The monoisotopic (exact) mass is 262 g/mol. The van der Waals surface area contributed by atoms with E-state index in [1.165, 1.54) is 0 Å². The van der Waals surface area contributed by atoms with Gasteiger partial charge in [-0.1, -0.05) is 42.4 Å². The van der Waals surface area contributed by atoms with Crippen LogP contribution in [0.25, 0.3) is 11.3 Å². The second kappa shape index (κ2) is 6.61. The minimum Gasteiger partial charge on any atom is -0.360 e. The van der Waals surface area contributed by atoms with E-state index in [1.807, 2.05) is 36.4 Å². The van der Waals surface area contributed by atoms with Crippen molar-refractivity contribution in [2.24, 2.45) is 5.73 Å². The molecule has 0 bridgehead atoms. The first-order valence-corrected chi connectivity index (χ1v) is 7.29. The van der Waals surface area contributed by atoms with Gasteiger partial charge in [-0.05, 0) is 6.42 Å². The van der Waals surface area contributed by atoms with Crippen LogP contribution in [0.4, 0.5) is 0 Å². The summed E-state index contributed by atoms with van der Waals surface area (Å²) in [5.41, 5.74) is 7.85. The number of benzene rings is 1. The third-order valence-corrected chi connectivity index (χ3v) is 3.88. The van der Waals surface area contributed by atoms with Crippen molar-refractivity contribution in [2.45, 2.75) is 25.1 Å². The van der Waals surface area contributed by atoms with E-state index in [4.69, 9.17) is 10.3 Å². The van der Waals surface area contributed by atoms with Crippen LogP contribution in [0.15, 0.2) is 40.9 Å². The van der Waals surface area contributed by atoms with Gasteiger partial charge >= 0.3 is 0 Å². The number of hydrogen-bond donors (Lipinski definition) is 1. The van der Waals surface area contributed by atoms with E-state index in [1.54, 1.807) is 11.8 Å². The summed E-state index contributed by atoms with van der Waals surface area (Å²) in [4.78, 5) is 0. The van der Waals surface area contributed by atoms with Crippen molar-refractivity contribution in [1.29, 1.82) is 0 Å². The number of nitrogens with two attached hydrogens (primary N) is 1. The lowest BCUT2D eigenvalue weighted by atomic mass is 10.1. The average Bonchev–Trinajstić information content (AvgIpc) is 2.88. The highest BCUT2D eigenvalue weighted by molar-refractivity contribution is 7.98. The maximum absolute atomic E-state index is 5.87. The van der Waals surface area contributed by atoms with Crippen molar-refractivity contribution < 1.29 is 4.52 Å². The number of rotatable bonds is 6. The molecule has 0 saturated carbocycles. The number of thioether (sulfide) groups is 1. The SMILES string of the molecule is CCC(N)CSCc1cc(-c2ccccc2)no1. The molecule has 0 radical (unpaired) electrons. The highest BCUT2D eigenvalue weighted by atomic mass is 32.2. The normalized spacial score (nSPS) is 12.6. The van der Waals surface area contributed by atoms with E-state index >= 15 is 0 Å². The Hall–Kier alpha value is -1.26. The smallest absolute Gasteiger partial charge is 0.147 e. The van der Waals surface area contributed by atoms with Crippen molar-refractivity contribution >= 4 is 11.8 Å². The van der Waals surface area contributed by atoms with Crippen molar-refractivity contribution in [2.75, 3.05) is 5.75 Å². The standard InChI is InChI=1S/C14H18N2OS/c1-2-12(15)9-18-10-13-8-14(16-17-13)11-6-4-3-5-7-11/h3-8,12H,2,9-10,15H2,1H3. The van der Waals surface area contributed by atoms with Gasteiger partial charge in [-0.3, -0.25) is 0 Å². The quantitative estimate of drug-likeness (QED) is 0.867. The van der Waals surface area contributed by atoms with Gasteiger partial charge in [-0.25, -0.2) is 0 Å². The van der Waals surface area contributed by atoms with Crippen molar-refractivity contribution in [3.8, 4) is 11.3 Å². The van der Waals surface area contributed by atoms with Crippen molar-refractivity contribution in [1.82, 2.24) is 5.16 Å². The predicted octanol–water partition coefficient (Wildman–Crippen LogP) is 3.31. The zero-order valence-corrected chi connectivity index (χ0v) is 11.3. The summed E-state index contributed by atoms with van der Waals surface area (Å²) < 4.78 is 5.32. The second-order valence-electron chi connectivity index (χ2n) is 4.23. The van der Waals surface area contributed by atoms with Gasteiger partial charge in [-0.2, -0.15) is 11.8 Å². The number of nitrogens with zero attached hydrogens (tertiary/aromatic N) is 1. The Balaban J connectivity index is 1.91. The van der Waals surface area contributed by atoms with Gasteiger partial charge in [0.2, 0.25) is 0 Å². The van der Waals surface area contributed by atoms with Crippen LogP contribution in [0, 0.1) is 0 Å². The van der Waals surface area contributed by atoms with Crippen molar-refractivity contribution in [3.05, 3.63) is 42.2 Å². The summed E-state index contributed by atoms with van der Waals surface area (Å²) in [6.07, 6.45) is 1.01. The van der Waals surface area contributed by atoms with Gasteiger partial charge in [0.1, 0.15) is 11.5 Å². The average molecular weight is 262 g/mol. The number of hydrogen-bond acceptors (Lipinski definition) is 4. The fraction of sp³-hybridized carbons (Fsp3) is 0.357. The molecule has 2 rings (SSSR count). The molecule has 2 aromatic rings. The lowest BCUT2D eigenvalue weighted by Crippen LogP contribution is -2.21. The zero-order valence-electron chi connectivity index (χ0n) is 10.5. The summed E-state index contributed by atoms with van der Waals surface area (Å²) in [6.45, 7) is 2.10. The molecule has 1 aromatic heterocycles. The summed E-state index contributed by atoms with van der Waals surface area (Å²) in [5.74, 6) is 2.69. The number of aromatic nitrogens is 1. The molecule has 0 aliphatic carbocycles. The summed E-state index contributed by atoms with van der Waals surface area (Å²) in [7, 11) is 0. The molecule has 0 saturated heterocycles. The van der Waals surface area contributed by atoms with Crippen LogP contribution in [0.3, 0.4) is 0 Å². The molecule has 18 heavy (non-hydrogen) atoms. The van der Waals surface area contributed by atoms with Gasteiger partial charge in [0.05, 0.1) is 5.75 Å². The lowest BCUT2D eigenvalue weighted by Gasteiger charge is -2.05. The molecule has 0 fully saturated rings. The largest absolute Gasteiger partial charge is 0.360 e. The van der Waals surface area contributed by atoms with E-state index in [2.05, 4.69) is 12.1 Å². The Morgan fingerprint density at radius 1 is 1.33 bits per heavy atom. The van der Waals surface area contributed by atoms with Gasteiger partial charge < -0.3 is 10.3 Å². The Morgan fingerprint density at radius 3 is 2.83 bits per heavy atom. The molecule has 4 heteroatoms. The molecule has 3 nitrogen and oxygen atoms in total. The molecule has 0 aliphatic heterocycles. The van der Waals surface area contributed by atoms with E-state index in [0.29, 0.717) is 0 Å². The first-order valence-electron chi connectivity index (χ1n) is 6.14. The minimum atomic E-state index is 0.270. The highest BCUT2D eigenvalue weighted by Gasteiger charge is 2.07. The molecule has 1 unspecified atom stereocenters. The first kappa shape index (κ1) is 13.2. The molecule has 0 aliphatic rings. The van der Waals surface area contributed by atoms with E-state index in [0.717, 1.165) is 34.9 Å². The van der Waals surface area contributed by atoms with Gasteiger partial charge in [0, 0.05) is 23.4 Å². The summed E-state index contributed by atoms with van der Waals surface area (Å²) in [5, 5.41) is 4.08. The molecule has 0 amide bonds. The lowest BCUT2D eigenvalue weighted by molar-refractivity contribution is 0.397. The molecular weight excluding hydrogens is 244 g/mol. The van der Waals surface area contributed by atoms with Crippen LogP contribution in [0.5, 0.6) is 0 Å². The van der Waals surface area contributed by atoms with Crippen LogP contribution in [-0.2, 0) is 5.75 Å². The van der Waals surface area contributed by atoms with E-state index < -0.39 is 0 Å². The van der Waals surface area contributed by atoms with Crippen LogP contribution >= 0.6 is 11.8 Å². The van der Waals surface area contributed by atoms with E-state index in [9.17, 15) is 0 Å². The van der Waals surface area contributed by atoms with Crippen LogP contribution < -0.4 is 5.73 Å². The Bertz CT molecular complexity index is 470. The van der Waals surface area contributed by atoms with Gasteiger partial charge in [-0.15, -0.1) is 0 Å². The van der Waals surface area contributed by atoms with Gasteiger partial charge in [0.15, 0.2) is 0 Å². The minimum absolute atomic E-state index is 0.270. The second-order valence-corrected chi connectivity index (χ2v) is 5.26. The summed E-state index contributed by atoms with van der Waals surface area (Å²) in [6, 6.07) is 12.3. The van der Waals surface area contributed by atoms with Gasteiger partial charge in [0.25, 0.3) is 0 Å². The third kappa shape index (κ3) is 3.62. The maximum Gasteiger partial charge on any atom is 0.147 e. The third-order valence-electron chi connectivity index (χ3n) is 2.73. The molecule has 1 atom stereocenters. The van der Waals surface area contributed by atoms with E-state index in [-0.39, 0.29) is 6.04 Å². The van der Waals surface area contributed by atoms with Crippen LogP contribution in [-0.4, -0.2) is 17.0 Å². The van der Waals surface area contributed by atoms with Crippen LogP contribution in [0.1, 0.15) is 19.1 Å². The molecular formula is C14H18N2OS. The topological polar surface area (TPSA) is 52.0 Å².